The molecule has 0 atom stereocenters. The Kier molecular flexibility index (Phi) is 5.71. The van der Waals surface area contributed by atoms with E-state index < -0.39 is 15.4 Å². The second-order valence-electron chi connectivity index (χ2n) is 8.53. The Labute approximate surface area is 191 Å². The van der Waals surface area contributed by atoms with Crippen molar-refractivity contribution < 1.29 is 17.6 Å². The fourth-order valence-corrected chi connectivity index (χ4v) is 4.30. The van der Waals surface area contributed by atoms with Crippen LogP contribution in [-0.2, 0) is 15.4 Å². The van der Waals surface area contributed by atoms with Crippen LogP contribution in [0.5, 0.6) is 0 Å². The summed E-state index contributed by atoms with van der Waals surface area (Å²) in [6.45, 7) is 4.09. The molecule has 0 aliphatic heterocycles. The number of H-pyrrole nitrogens is 1. The lowest BCUT2D eigenvalue weighted by Crippen LogP contribution is -2.19. The number of benzene rings is 3. The maximum absolute atomic E-state index is 13.3. The monoisotopic (exact) mass is 465 g/mol. The lowest BCUT2D eigenvalue weighted by Gasteiger charge is -2.26. The minimum Gasteiger partial charge on any atom is -0.350 e. The van der Waals surface area contributed by atoms with Crippen LogP contribution in [0.25, 0.3) is 10.9 Å². The average molecular weight is 466 g/mol. The topological polar surface area (TPSA) is 91.1 Å². The highest BCUT2D eigenvalue weighted by Gasteiger charge is 2.23. The van der Waals surface area contributed by atoms with Crippen molar-refractivity contribution in [3.8, 4) is 0 Å². The SMILES string of the molecule is CC(C)(c1ccc(F)cc1)c1cccc(NC(=O)c2cc3ccc(NS(C)(=O)=O)cc3[nH]2)c1. The molecule has 3 N–H and O–H groups in total. The molecule has 1 aromatic heterocycles. The van der Waals surface area contributed by atoms with Crippen molar-refractivity contribution in [2.24, 2.45) is 0 Å². The molecule has 1 amide bonds. The lowest BCUT2D eigenvalue weighted by atomic mass is 9.78. The van der Waals surface area contributed by atoms with Crippen molar-refractivity contribution in [3.05, 3.63) is 95.4 Å². The Morgan fingerprint density at radius 3 is 2.33 bits per heavy atom. The van der Waals surface area contributed by atoms with Gasteiger partial charge < -0.3 is 10.3 Å². The van der Waals surface area contributed by atoms with Crippen molar-refractivity contribution in [1.29, 1.82) is 0 Å². The van der Waals surface area contributed by atoms with Gasteiger partial charge in [0.2, 0.25) is 10.0 Å². The fraction of sp³-hybridized carbons (Fsp3) is 0.160. The molecule has 0 spiro atoms. The van der Waals surface area contributed by atoms with E-state index in [-0.39, 0.29) is 11.7 Å². The molecule has 0 saturated carbocycles. The fourth-order valence-electron chi connectivity index (χ4n) is 3.74. The minimum atomic E-state index is -3.40. The van der Waals surface area contributed by atoms with E-state index in [4.69, 9.17) is 0 Å². The van der Waals surface area contributed by atoms with E-state index in [0.29, 0.717) is 22.6 Å². The second kappa shape index (κ2) is 8.37. The number of halogens is 1. The molecule has 0 fully saturated rings. The lowest BCUT2D eigenvalue weighted by molar-refractivity contribution is 0.102. The van der Waals surface area contributed by atoms with E-state index in [1.165, 1.54) is 12.1 Å². The van der Waals surface area contributed by atoms with E-state index >= 15 is 0 Å². The Bertz CT molecular complexity index is 1440. The number of rotatable bonds is 6. The number of aromatic amines is 1. The van der Waals surface area contributed by atoms with E-state index in [1.54, 1.807) is 42.5 Å². The molecular formula is C25H24FN3O3S. The number of anilines is 2. The molecule has 0 bridgehead atoms. The maximum Gasteiger partial charge on any atom is 0.272 e. The van der Waals surface area contributed by atoms with Crippen LogP contribution in [0.1, 0.15) is 35.5 Å². The van der Waals surface area contributed by atoms with Gasteiger partial charge >= 0.3 is 0 Å². The van der Waals surface area contributed by atoms with Gasteiger partial charge in [0.15, 0.2) is 0 Å². The van der Waals surface area contributed by atoms with Gasteiger partial charge in [-0.3, -0.25) is 9.52 Å². The third-order valence-corrected chi connectivity index (χ3v) is 6.18. The molecule has 4 rings (SSSR count). The maximum atomic E-state index is 13.3. The molecule has 8 heteroatoms. The molecule has 4 aromatic rings. The van der Waals surface area contributed by atoms with Gasteiger partial charge in [-0.05, 0) is 53.6 Å². The van der Waals surface area contributed by atoms with Gasteiger partial charge in [-0.2, -0.15) is 0 Å². The summed E-state index contributed by atoms with van der Waals surface area (Å²) < 4.78 is 38.7. The van der Waals surface area contributed by atoms with Crippen LogP contribution in [0.4, 0.5) is 15.8 Å². The highest BCUT2D eigenvalue weighted by molar-refractivity contribution is 7.92. The summed E-state index contributed by atoms with van der Waals surface area (Å²) >= 11 is 0. The first-order valence-corrected chi connectivity index (χ1v) is 12.2. The van der Waals surface area contributed by atoms with Gasteiger partial charge in [-0.25, -0.2) is 12.8 Å². The van der Waals surface area contributed by atoms with Gasteiger partial charge in [0.25, 0.3) is 5.91 Å². The number of carbonyl (C=O) groups excluding carboxylic acids is 1. The molecule has 0 saturated heterocycles. The van der Waals surface area contributed by atoms with Gasteiger partial charge in [0, 0.05) is 22.0 Å². The van der Waals surface area contributed by atoms with Gasteiger partial charge in [-0.15, -0.1) is 0 Å². The van der Waals surface area contributed by atoms with Gasteiger partial charge in [-0.1, -0.05) is 44.2 Å². The number of hydrogen-bond acceptors (Lipinski definition) is 3. The first kappa shape index (κ1) is 22.5. The molecular weight excluding hydrogens is 441 g/mol. The second-order valence-corrected chi connectivity index (χ2v) is 10.3. The Morgan fingerprint density at radius 1 is 0.909 bits per heavy atom. The van der Waals surface area contributed by atoms with E-state index in [9.17, 15) is 17.6 Å². The normalized spacial score (nSPS) is 12.0. The number of nitrogens with one attached hydrogen (secondary N) is 3. The highest BCUT2D eigenvalue weighted by Crippen LogP contribution is 2.33. The molecule has 1 heterocycles. The summed E-state index contributed by atoms with van der Waals surface area (Å²) in [5.74, 6) is -0.603. The third kappa shape index (κ3) is 5.06. The predicted octanol–water partition coefficient (Wildman–Crippen LogP) is 5.26. The molecule has 6 nitrogen and oxygen atoms in total. The van der Waals surface area contributed by atoms with Crippen LogP contribution < -0.4 is 10.0 Å². The number of fused-ring (bicyclic) bond motifs is 1. The third-order valence-electron chi connectivity index (χ3n) is 5.58. The van der Waals surface area contributed by atoms with Crippen molar-refractivity contribution in [2.45, 2.75) is 19.3 Å². The zero-order chi connectivity index (χ0) is 23.8. The van der Waals surface area contributed by atoms with Crippen molar-refractivity contribution in [2.75, 3.05) is 16.3 Å². The van der Waals surface area contributed by atoms with Crippen molar-refractivity contribution in [1.82, 2.24) is 4.98 Å². The standard InChI is InChI=1S/C25H24FN3O3S/c1-25(2,17-8-10-19(26)11-9-17)18-5-4-6-20(14-18)27-24(30)23-13-16-7-12-21(15-22(16)28-23)29-33(3,31)32/h4-15,28-29H,1-3H3,(H,27,30). The largest absolute Gasteiger partial charge is 0.350 e. The molecule has 0 unspecified atom stereocenters. The zero-order valence-corrected chi connectivity index (χ0v) is 19.3. The van der Waals surface area contributed by atoms with E-state index in [0.717, 1.165) is 22.8 Å². The Morgan fingerprint density at radius 2 is 1.64 bits per heavy atom. The number of carbonyl (C=O) groups is 1. The smallest absolute Gasteiger partial charge is 0.272 e. The Hall–Kier alpha value is -3.65. The molecule has 0 radical (unpaired) electrons. The molecule has 0 aliphatic carbocycles. The number of hydrogen-bond donors (Lipinski definition) is 3. The summed E-state index contributed by atoms with van der Waals surface area (Å²) in [5, 5.41) is 3.69. The number of amides is 1. The zero-order valence-electron chi connectivity index (χ0n) is 18.4. The Balaban J connectivity index is 1.56. The van der Waals surface area contributed by atoms with Crippen LogP contribution >= 0.6 is 0 Å². The van der Waals surface area contributed by atoms with Gasteiger partial charge in [0.05, 0.1) is 11.9 Å². The summed E-state index contributed by atoms with van der Waals surface area (Å²) in [6.07, 6.45) is 1.08. The van der Waals surface area contributed by atoms with E-state index in [2.05, 4.69) is 15.0 Å². The molecule has 0 aliphatic rings. The van der Waals surface area contributed by atoms with Crippen LogP contribution in [0, 0.1) is 5.82 Å². The summed E-state index contributed by atoms with van der Waals surface area (Å²) in [4.78, 5) is 15.9. The predicted molar refractivity (Wildman–Crippen MR) is 130 cm³/mol. The summed E-state index contributed by atoms with van der Waals surface area (Å²) in [7, 11) is -3.40. The van der Waals surface area contributed by atoms with Crippen LogP contribution in [0.2, 0.25) is 0 Å². The molecule has 3 aromatic carbocycles. The molecule has 170 valence electrons. The first-order chi connectivity index (χ1) is 15.5. The minimum absolute atomic E-state index is 0.284. The summed E-state index contributed by atoms with van der Waals surface area (Å²) in [5.41, 5.74) is 3.57. The van der Waals surface area contributed by atoms with Crippen LogP contribution in [0.15, 0.2) is 72.8 Å². The van der Waals surface area contributed by atoms with Gasteiger partial charge in [0.1, 0.15) is 11.5 Å². The molecule has 33 heavy (non-hydrogen) atoms. The van der Waals surface area contributed by atoms with Crippen LogP contribution in [0.3, 0.4) is 0 Å². The summed E-state index contributed by atoms with van der Waals surface area (Å²) in [6, 6.07) is 20.7. The number of sulfonamides is 1. The van der Waals surface area contributed by atoms with E-state index in [1.807, 2.05) is 32.0 Å². The number of aromatic nitrogens is 1. The highest BCUT2D eigenvalue weighted by atomic mass is 32.2. The van der Waals surface area contributed by atoms with Crippen LogP contribution in [-0.4, -0.2) is 25.6 Å². The van der Waals surface area contributed by atoms with Crippen molar-refractivity contribution >= 4 is 38.2 Å². The quantitative estimate of drug-likeness (QED) is 0.363. The van der Waals surface area contributed by atoms with Crippen molar-refractivity contribution in [3.63, 3.8) is 0 Å². The first-order valence-electron chi connectivity index (χ1n) is 10.3. The average Bonchev–Trinajstić information content (AvgIpc) is 3.17.